The Balaban J connectivity index is 3.45. The van der Waals surface area contributed by atoms with Gasteiger partial charge >= 0.3 is 0 Å². The second-order valence-corrected chi connectivity index (χ2v) is 3.39. The predicted octanol–water partition coefficient (Wildman–Crippen LogP) is -0.0719. The summed E-state index contributed by atoms with van der Waals surface area (Å²) >= 11 is 0. The molecule has 0 bridgehead atoms. The van der Waals surface area contributed by atoms with Crippen LogP contribution in [-0.2, 0) is 9.59 Å². The Bertz CT molecular complexity index is 207. The van der Waals surface area contributed by atoms with E-state index in [-0.39, 0.29) is 11.8 Å². The highest BCUT2D eigenvalue weighted by molar-refractivity contribution is 5.75. The second kappa shape index (κ2) is 8.23. The van der Waals surface area contributed by atoms with Crippen molar-refractivity contribution in [1.82, 2.24) is 15.5 Å². The van der Waals surface area contributed by atoms with Crippen molar-refractivity contribution in [3.8, 4) is 0 Å². The molecule has 0 saturated carbocycles. The van der Waals surface area contributed by atoms with E-state index in [1.54, 1.807) is 0 Å². The molecule has 0 aromatic carbocycles. The lowest BCUT2D eigenvalue weighted by Gasteiger charge is -2.17. The van der Waals surface area contributed by atoms with Gasteiger partial charge in [0.1, 0.15) is 0 Å². The molecule has 0 aliphatic heterocycles. The third kappa shape index (κ3) is 7.93. The minimum absolute atomic E-state index is 0.0412. The SMILES string of the molecule is CCC(=O)NCCN(C)CNC(=O)CC. The normalized spacial score (nSPS) is 10.1. The number of amides is 2. The summed E-state index contributed by atoms with van der Waals surface area (Å²) in [6.45, 7) is 5.51. The fourth-order valence-corrected chi connectivity index (χ4v) is 0.938. The van der Waals surface area contributed by atoms with Crippen LogP contribution in [0.1, 0.15) is 26.7 Å². The minimum Gasteiger partial charge on any atom is -0.355 e. The number of carbonyl (C=O) groups is 2. The minimum atomic E-state index is 0.0412. The van der Waals surface area contributed by atoms with Gasteiger partial charge in [0.15, 0.2) is 0 Å². The van der Waals surface area contributed by atoms with Gasteiger partial charge in [-0.05, 0) is 7.05 Å². The highest BCUT2D eigenvalue weighted by atomic mass is 16.2. The van der Waals surface area contributed by atoms with Gasteiger partial charge in [0, 0.05) is 25.9 Å². The van der Waals surface area contributed by atoms with Crippen molar-refractivity contribution in [2.45, 2.75) is 26.7 Å². The zero-order valence-corrected chi connectivity index (χ0v) is 9.80. The number of rotatable bonds is 7. The summed E-state index contributed by atoms with van der Waals surface area (Å²) in [7, 11) is 1.90. The van der Waals surface area contributed by atoms with Crippen molar-refractivity contribution in [3.05, 3.63) is 0 Å². The third-order valence-electron chi connectivity index (χ3n) is 2.00. The van der Waals surface area contributed by atoms with Gasteiger partial charge in [-0.1, -0.05) is 13.8 Å². The number of likely N-dealkylation sites (N-methyl/N-ethyl adjacent to an activating group) is 1. The lowest BCUT2D eigenvalue weighted by molar-refractivity contribution is -0.122. The number of hydrogen-bond donors (Lipinski definition) is 2. The second-order valence-electron chi connectivity index (χ2n) is 3.39. The molecule has 2 N–H and O–H groups in total. The van der Waals surface area contributed by atoms with Crippen LogP contribution in [0.5, 0.6) is 0 Å². The molecule has 15 heavy (non-hydrogen) atoms. The van der Waals surface area contributed by atoms with Crippen molar-refractivity contribution in [2.24, 2.45) is 0 Å². The van der Waals surface area contributed by atoms with E-state index >= 15 is 0 Å². The number of hydrogen-bond acceptors (Lipinski definition) is 3. The monoisotopic (exact) mass is 215 g/mol. The van der Waals surface area contributed by atoms with Crippen LogP contribution in [0.15, 0.2) is 0 Å². The van der Waals surface area contributed by atoms with Crippen LogP contribution in [0.2, 0.25) is 0 Å². The summed E-state index contributed by atoms with van der Waals surface area (Å²) in [6, 6.07) is 0. The lowest BCUT2D eigenvalue weighted by Crippen LogP contribution is -2.39. The van der Waals surface area contributed by atoms with E-state index in [1.807, 2.05) is 25.8 Å². The Hall–Kier alpha value is -1.10. The van der Waals surface area contributed by atoms with E-state index in [0.717, 1.165) is 6.54 Å². The smallest absolute Gasteiger partial charge is 0.220 e. The number of carbonyl (C=O) groups excluding carboxylic acids is 2. The predicted molar refractivity (Wildman–Crippen MR) is 59.2 cm³/mol. The Morgan fingerprint density at radius 1 is 1.07 bits per heavy atom. The Labute approximate surface area is 91.2 Å². The summed E-state index contributed by atoms with van der Waals surface area (Å²) in [5.74, 6) is 0.0976. The molecule has 0 aromatic rings. The summed E-state index contributed by atoms with van der Waals surface area (Å²) < 4.78 is 0. The molecule has 0 spiro atoms. The average molecular weight is 215 g/mol. The van der Waals surface area contributed by atoms with E-state index in [9.17, 15) is 9.59 Å². The molecule has 0 aliphatic carbocycles. The Morgan fingerprint density at radius 3 is 2.13 bits per heavy atom. The largest absolute Gasteiger partial charge is 0.355 e. The van der Waals surface area contributed by atoms with Gasteiger partial charge in [-0.2, -0.15) is 0 Å². The van der Waals surface area contributed by atoms with Crippen molar-refractivity contribution in [3.63, 3.8) is 0 Å². The molecule has 0 saturated heterocycles. The van der Waals surface area contributed by atoms with Gasteiger partial charge < -0.3 is 10.6 Å². The summed E-state index contributed by atoms with van der Waals surface area (Å²) in [5.41, 5.74) is 0. The van der Waals surface area contributed by atoms with E-state index in [2.05, 4.69) is 10.6 Å². The van der Waals surface area contributed by atoms with Crippen molar-refractivity contribution < 1.29 is 9.59 Å². The molecule has 0 radical (unpaired) electrons. The maximum Gasteiger partial charge on any atom is 0.220 e. The van der Waals surface area contributed by atoms with Crippen molar-refractivity contribution in [1.29, 1.82) is 0 Å². The first-order valence-corrected chi connectivity index (χ1v) is 5.32. The fraction of sp³-hybridized carbons (Fsp3) is 0.800. The Morgan fingerprint density at radius 2 is 1.60 bits per heavy atom. The van der Waals surface area contributed by atoms with Gasteiger partial charge in [0.05, 0.1) is 6.67 Å². The molecule has 0 rings (SSSR count). The zero-order valence-electron chi connectivity index (χ0n) is 9.80. The maximum absolute atomic E-state index is 10.9. The van der Waals surface area contributed by atoms with E-state index in [0.29, 0.717) is 26.1 Å². The molecule has 88 valence electrons. The maximum atomic E-state index is 10.9. The number of nitrogens with one attached hydrogen (secondary N) is 2. The van der Waals surface area contributed by atoms with Gasteiger partial charge in [0.2, 0.25) is 11.8 Å². The van der Waals surface area contributed by atoms with E-state index in [4.69, 9.17) is 0 Å². The molecule has 5 nitrogen and oxygen atoms in total. The van der Waals surface area contributed by atoms with Crippen LogP contribution < -0.4 is 10.6 Å². The summed E-state index contributed by atoms with van der Waals surface area (Å²) in [6.07, 6.45) is 1.01. The fourth-order valence-electron chi connectivity index (χ4n) is 0.938. The van der Waals surface area contributed by atoms with Gasteiger partial charge in [-0.25, -0.2) is 0 Å². The van der Waals surface area contributed by atoms with Crippen LogP contribution in [0.4, 0.5) is 0 Å². The molecule has 0 fully saturated rings. The molecule has 0 heterocycles. The molecule has 0 unspecified atom stereocenters. The first kappa shape index (κ1) is 13.9. The van der Waals surface area contributed by atoms with Crippen molar-refractivity contribution >= 4 is 11.8 Å². The zero-order chi connectivity index (χ0) is 11.7. The van der Waals surface area contributed by atoms with E-state index < -0.39 is 0 Å². The molecule has 5 heteroatoms. The van der Waals surface area contributed by atoms with Crippen LogP contribution in [-0.4, -0.2) is 43.5 Å². The Kier molecular flexibility index (Phi) is 7.62. The van der Waals surface area contributed by atoms with Crippen LogP contribution in [0, 0.1) is 0 Å². The van der Waals surface area contributed by atoms with Crippen LogP contribution in [0.25, 0.3) is 0 Å². The summed E-state index contributed by atoms with van der Waals surface area (Å²) in [5, 5.41) is 5.53. The molecular formula is C10H21N3O2. The van der Waals surface area contributed by atoms with E-state index in [1.165, 1.54) is 0 Å². The summed E-state index contributed by atoms with van der Waals surface area (Å²) in [4.78, 5) is 23.8. The first-order valence-electron chi connectivity index (χ1n) is 5.32. The van der Waals surface area contributed by atoms with Gasteiger partial charge in [-0.3, -0.25) is 14.5 Å². The average Bonchev–Trinajstić information content (AvgIpc) is 2.25. The van der Waals surface area contributed by atoms with Crippen LogP contribution in [0.3, 0.4) is 0 Å². The lowest BCUT2D eigenvalue weighted by atomic mass is 10.4. The topological polar surface area (TPSA) is 61.4 Å². The van der Waals surface area contributed by atoms with Gasteiger partial charge in [0.25, 0.3) is 0 Å². The van der Waals surface area contributed by atoms with Crippen molar-refractivity contribution in [2.75, 3.05) is 26.8 Å². The highest BCUT2D eigenvalue weighted by Gasteiger charge is 2.01. The molecular weight excluding hydrogens is 194 g/mol. The standard InChI is InChI=1S/C10H21N3O2/c1-4-9(14)11-6-7-13(3)8-12-10(15)5-2/h4-8H2,1-3H3,(H,11,14)(H,12,15). The quantitative estimate of drug-likeness (QED) is 0.584. The highest BCUT2D eigenvalue weighted by Crippen LogP contribution is 1.81. The van der Waals surface area contributed by atoms with Crippen LogP contribution >= 0.6 is 0 Å². The molecule has 0 aromatic heterocycles. The first-order chi connectivity index (χ1) is 7.10. The number of nitrogens with zero attached hydrogens (tertiary/aromatic N) is 1. The molecule has 2 amide bonds. The molecule has 0 atom stereocenters. The van der Waals surface area contributed by atoms with Gasteiger partial charge in [-0.15, -0.1) is 0 Å². The molecule has 0 aliphatic rings. The third-order valence-corrected chi connectivity index (χ3v) is 2.00.